The third-order valence-electron chi connectivity index (χ3n) is 2.52. The fourth-order valence-electron chi connectivity index (χ4n) is 1.36. The Balaban J connectivity index is 2.43. The van der Waals surface area contributed by atoms with Crippen molar-refractivity contribution in [3.63, 3.8) is 0 Å². The van der Waals surface area contributed by atoms with E-state index in [1.807, 2.05) is 19.1 Å². The summed E-state index contributed by atoms with van der Waals surface area (Å²) < 4.78 is 10.0. The van der Waals surface area contributed by atoms with Crippen LogP contribution in [0.3, 0.4) is 0 Å². The summed E-state index contributed by atoms with van der Waals surface area (Å²) in [6.07, 6.45) is 0.838. The molecule has 0 aromatic heterocycles. The summed E-state index contributed by atoms with van der Waals surface area (Å²) in [5.74, 6) is -0.786. The number of hydrogen-bond donors (Lipinski definition) is 0. The van der Waals surface area contributed by atoms with Crippen LogP contribution < -0.4 is 0 Å². The fourth-order valence-corrected chi connectivity index (χ4v) is 1.36. The number of benzene rings is 1. The number of Topliss-reactive ketones (excluding diaryl/α,β-unsaturated/α-hetero) is 1. The van der Waals surface area contributed by atoms with E-state index >= 15 is 0 Å². The molecule has 19 heavy (non-hydrogen) atoms. The van der Waals surface area contributed by atoms with Crippen LogP contribution in [0.25, 0.3) is 0 Å². The van der Waals surface area contributed by atoms with Gasteiger partial charge < -0.3 is 9.47 Å². The smallest absolute Gasteiger partial charge is 0.335 e. The van der Waals surface area contributed by atoms with E-state index in [1.165, 1.54) is 0 Å². The predicted octanol–water partition coefficient (Wildman–Crippen LogP) is 2.31. The SMILES string of the molecule is C=CCOC(C)C(=O)OCC(=O)c1ccc(C)cc1. The van der Waals surface area contributed by atoms with E-state index in [0.29, 0.717) is 5.56 Å². The molecule has 102 valence electrons. The van der Waals surface area contributed by atoms with Gasteiger partial charge in [-0.3, -0.25) is 4.79 Å². The maximum atomic E-state index is 11.8. The van der Waals surface area contributed by atoms with Gasteiger partial charge >= 0.3 is 5.97 Å². The van der Waals surface area contributed by atoms with Crippen LogP contribution in [0.15, 0.2) is 36.9 Å². The molecular weight excluding hydrogens is 244 g/mol. The molecule has 0 heterocycles. The van der Waals surface area contributed by atoms with Crippen LogP contribution in [0.2, 0.25) is 0 Å². The van der Waals surface area contributed by atoms with Crippen molar-refractivity contribution in [2.24, 2.45) is 0 Å². The summed E-state index contributed by atoms with van der Waals surface area (Å²) in [7, 11) is 0. The molecule has 1 aromatic rings. The van der Waals surface area contributed by atoms with E-state index in [9.17, 15) is 9.59 Å². The first-order valence-electron chi connectivity index (χ1n) is 6.03. The van der Waals surface area contributed by atoms with Crippen LogP contribution in [0.4, 0.5) is 0 Å². The molecule has 0 saturated carbocycles. The van der Waals surface area contributed by atoms with Gasteiger partial charge in [0.15, 0.2) is 18.5 Å². The quantitative estimate of drug-likeness (QED) is 0.430. The van der Waals surface area contributed by atoms with Crippen molar-refractivity contribution in [2.45, 2.75) is 20.0 Å². The molecule has 0 aliphatic rings. The van der Waals surface area contributed by atoms with Gasteiger partial charge in [0.05, 0.1) is 6.61 Å². The average Bonchev–Trinajstić information content (AvgIpc) is 2.42. The molecule has 0 spiro atoms. The lowest BCUT2D eigenvalue weighted by Gasteiger charge is -2.10. The first-order chi connectivity index (χ1) is 9.04. The lowest BCUT2D eigenvalue weighted by molar-refractivity contribution is -0.154. The Bertz CT molecular complexity index is 448. The van der Waals surface area contributed by atoms with Gasteiger partial charge in [-0.05, 0) is 13.8 Å². The molecule has 1 atom stereocenters. The second kappa shape index (κ2) is 7.48. The summed E-state index contributed by atoms with van der Waals surface area (Å²) in [5.41, 5.74) is 1.60. The lowest BCUT2D eigenvalue weighted by Crippen LogP contribution is -2.25. The monoisotopic (exact) mass is 262 g/mol. The Morgan fingerprint density at radius 1 is 1.32 bits per heavy atom. The van der Waals surface area contributed by atoms with Gasteiger partial charge in [-0.25, -0.2) is 4.79 Å². The zero-order chi connectivity index (χ0) is 14.3. The van der Waals surface area contributed by atoms with Crippen molar-refractivity contribution in [3.8, 4) is 0 Å². The average molecular weight is 262 g/mol. The number of carbonyl (C=O) groups excluding carboxylic acids is 2. The normalized spacial score (nSPS) is 11.7. The summed E-state index contributed by atoms with van der Waals surface area (Å²) in [6.45, 7) is 6.98. The molecule has 0 aliphatic carbocycles. The number of ketones is 1. The first-order valence-corrected chi connectivity index (χ1v) is 6.03. The highest BCUT2D eigenvalue weighted by atomic mass is 16.6. The highest BCUT2D eigenvalue weighted by Gasteiger charge is 2.16. The van der Waals surface area contributed by atoms with Gasteiger partial charge in [-0.1, -0.05) is 35.9 Å². The fraction of sp³-hybridized carbons (Fsp3) is 0.333. The van der Waals surface area contributed by atoms with E-state index in [0.717, 1.165) is 5.56 Å². The van der Waals surface area contributed by atoms with Gasteiger partial charge in [-0.2, -0.15) is 0 Å². The molecule has 1 unspecified atom stereocenters. The van der Waals surface area contributed by atoms with Gasteiger partial charge in [0.1, 0.15) is 0 Å². The maximum Gasteiger partial charge on any atom is 0.335 e. The number of carbonyl (C=O) groups is 2. The van der Waals surface area contributed by atoms with Crippen molar-refractivity contribution >= 4 is 11.8 Å². The standard InChI is InChI=1S/C15H18O4/c1-4-9-18-12(3)15(17)19-10-14(16)13-7-5-11(2)6-8-13/h4-8,12H,1,9-10H2,2-3H3. The molecule has 1 aromatic carbocycles. The van der Waals surface area contributed by atoms with Crippen molar-refractivity contribution in [2.75, 3.05) is 13.2 Å². The van der Waals surface area contributed by atoms with E-state index < -0.39 is 12.1 Å². The number of rotatable bonds is 7. The topological polar surface area (TPSA) is 52.6 Å². The Kier molecular flexibility index (Phi) is 5.96. The van der Waals surface area contributed by atoms with Crippen LogP contribution in [-0.2, 0) is 14.3 Å². The highest BCUT2D eigenvalue weighted by Crippen LogP contribution is 2.05. The molecule has 0 saturated heterocycles. The van der Waals surface area contributed by atoms with Crippen molar-refractivity contribution in [1.29, 1.82) is 0 Å². The van der Waals surface area contributed by atoms with E-state index in [-0.39, 0.29) is 19.0 Å². The molecule has 0 radical (unpaired) electrons. The lowest BCUT2D eigenvalue weighted by atomic mass is 10.1. The van der Waals surface area contributed by atoms with E-state index in [1.54, 1.807) is 25.1 Å². The molecule has 0 amide bonds. The van der Waals surface area contributed by atoms with Gasteiger partial charge in [-0.15, -0.1) is 6.58 Å². The van der Waals surface area contributed by atoms with Gasteiger partial charge in [0.25, 0.3) is 0 Å². The number of aryl methyl sites for hydroxylation is 1. The first kappa shape index (κ1) is 15.1. The second-order valence-corrected chi connectivity index (χ2v) is 4.16. The van der Waals surface area contributed by atoms with Crippen LogP contribution in [0, 0.1) is 6.92 Å². The van der Waals surface area contributed by atoms with Gasteiger partial charge in [0, 0.05) is 5.56 Å². The minimum absolute atomic E-state index is 0.232. The predicted molar refractivity (Wildman–Crippen MR) is 72.1 cm³/mol. The highest BCUT2D eigenvalue weighted by molar-refractivity contribution is 5.98. The molecule has 0 N–H and O–H groups in total. The third kappa shape index (κ3) is 5.06. The number of ether oxygens (including phenoxy) is 2. The third-order valence-corrected chi connectivity index (χ3v) is 2.52. The van der Waals surface area contributed by atoms with E-state index in [2.05, 4.69) is 6.58 Å². The summed E-state index contributed by atoms with van der Waals surface area (Å²) in [4.78, 5) is 23.3. The zero-order valence-corrected chi connectivity index (χ0v) is 11.2. The molecular formula is C15H18O4. The molecule has 0 fully saturated rings. The van der Waals surface area contributed by atoms with Crippen molar-refractivity contribution < 1.29 is 19.1 Å². The largest absolute Gasteiger partial charge is 0.455 e. The minimum Gasteiger partial charge on any atom is -0.455 e. The van der Waals surface area contributed by atoms with Crippen LogP contribution >= 0.6 is 0 Å². The number of hydrogen-bond acceptors (Lipinski definition) is 4. The van der Waals surface area contributed by atoms with Crippen LogP contribution in [-0.4, -0.2) is 31.1 Å². The Morgan fingerprint density at radius 2 is 1.95 bits per heavy atom. The molecule has 0 aliphatic heterocycles. The molecule has 4 heteroatoms. The van der Waals surface area contributed by atoms with Crippen molar-refractivity contribution in [3.05, 3.63) is 48.0 Å². The van der Waals surface area contributed by atoms with Crippen LogP contribution in [0.5, 0.6) is 0 Å². The Labute approximate surface area is 113 Å². The summed E-state index contributed by atoms with van der Waals surface area (Å²) in [5, 5.41) is 0. The van der Waals surface area contributed by atoms with Crippen molar-refractivity contribution in [1.82, 2.24) is 0 Å². The molecule has 0 bridgehead atoms. The maximum absolute atomic E-state index is 11.8. The minimum atomic E-state index is -0.705. The Hall–Kier alpha value is -1.94. The van der Waals surface area contributed by atoms with E-state index in [4.69, 9.17) is 9.47 Å². The molecule has 1 rings (SSSR count). The summed E-state index contributed by atoms with van der Waals surface area (Å²) >= 11 is 0. The molecule has 4 nitrogen and oxygen atoms in total. The second-order valence-electron chi connectivity index (χ2n) is 4.16. The van der Waals surface area contributed by atoms with Crippen LogP contribution in [0.1, 0.15) is 22.8 Å². The Morgan fingerprint density at radius 3 is 2.53 bits per heavy atom. The summed E-state index contributed by atoms with van der Waals surface area (Å²) in [6, 6.07) is 7.10. The number of esters is 1. The van der Waals surface area contributed by atoms with Gasteiger partial charge in [0.2, 0.25) is 0 Å². The zero-order valence-electron chi connectivity index (χ0n) is 11.2.